The van der Waals surface area contributed by atoms with Crippen LogP contribution in [0.4, 0.5) is 10.3 Å². The van der Waals surface area contributed by atoms with Gasteiger partial charge in [-0.2, -0.15) is 0 Å². The SMILES string of the molecule is Cc1c(CN2[C@H](C)COC[C@H]2C)n(C(C)C)c2c(C)c(-c3nc(N[C@@H]4CCOC[C@H]4O)ncc3F)ccc2c1=O. The highest BCUT2D eigenvalue weighted by Gasteiger charge is 2.29. The summed E-state index contributed by atoms with van der Waals surface area (Å²) in [6.07, 6.45) is 1.04. The number of aliphatic hydroxyl groups is 1. The Morgan fingerprint density at radius 1 is 1.12 bits per heavy atom. The Morgan fingerprint density at radius 2 is 1.85 bits per heavy atom. The number of halogens is 1. The van der Waals surface area contributed by atoms with Crippen molar-refractivity contribution >= 4 is 16.9 Å². The number of rotatable bonds is 6. The van der Waals surface area contributed by atoms with Crippen LogP contribution in [-0.4, -0.2) is 75.2 Å². The number of benzene rings is 1. The zero-order valence-corrected chi connectivity index (χ0v) is 24.2. The highest BCUT2D eigenvalue weighted by Crippen LogP contribution is 2.33. The number of nitrogens with zero attached hydrogens (tertiary/aromatic N) is 4. The second-order valence-electron chi connectivity index (χ2n) is 11.5. The maximum Gasteiger partial charge on any atom is 0.223 e. The van der Waals surface area contributed by atoms with Crippen molar-refractivity contribution in [2.24, 2.45) is 0 Å². The normalized spacial score (nSPS) is 24.1. The Morgan fingerprint density at radius 3 is 2.52 bits per heavy atom. The Labute approximate surface area is 234 Å². The van der Waals surface area contributed by atoms with Crippen molar-refractivity contribution in [1.29, 1.82) is 0 Å². The summed E-state index contributed by atoms with van der Waals surface area (Å²) in [7, 11) is 0. The topological polar surface area (TPSA) is 102 Å². The molecule has 2 aliphatic heterocycles. The molecule has 5 rings (SSSR count). The molecule has 0 spiro atoms. The van der Waals surface area contributed by atoms with Crippen molar-refractivity contribution in [2.75, 3.05) is 31.7 Å². The van der Waals surface area contributed by atoms with Gasteiger partial charge in [0.15, 0.2) is 11.2 Å². The van der Waals surface area contributed by atoms with E-state index >= 15 is 4.39 Å². The molecule has 1 aromatic carbocycles. The summed E-state index contributed by atoms with van der Waals surface area (Å²) in [6.45, 7) is 15.0. The van der Waals surface area contributed by atoms with Crippen LogP contribution >= 0.6 is 0 Å². The van der Waals surface area contributed by atoms with E-state index in [9.17, 15) is 9.90 Å². The van der Waals surface area contributed by atoms with E-state index in [1.54, 1.807) is 12.1 Å². The summed E-state index contributed by atoms with van der Waals surface area (Å²) in [6, 6.07) is 3.76. The van der Waals surface area contributed by atoms with E-state index < -0.39 is 11.9 Å². The van der Waals surface area contributed by atoms with Crippen LogP contribution in [-0.2, 0) is 16.0 Å². The highest BCUT2D eigenvalue weighted by molar-refractivity contribution is 5.89. The van der Waals surface area contributed by atoms with Crippen molar-refractivity contribution in [3.63, 3.8) is 0 Å². The monoisotopic (exact) mass is 553 g/mol. The molecule has 4 heterocycles. The number of anilines is 1. The lowest BCUT2D eigenvalue weighted by molar-refractivity contribution is -0.0420. The van der Waals surface area contributed by atoms with E-state index in [0.29, 0.717) is 43.7 Å². The molecule has 0 saturated carbocycles. The minimum atomic E-state index is -0.702. The van der Waals surface area contributed by atoms with Gasteiger partial charge >= 0.3 is 0 Å². The summed E-state index contributed by atoms with van der Waals surface area (Å²) in [5, 5.41) is 14.0. The van der Waals surface area contributed by atoms with Crippen molar-refractivity contribution in [1.82, 2.24) is 19.4 Å². The van der Waals surface area contributed by atoms with Crippen molar-refractivity contribution in [3.05, 3.63) is 51.2 Å². The second kappa shape index (κ2) is 11.5. The van der Waals surface area contributed by atoms with Gasteiger partial charge in [0.05, 0.1) is 43.7 Å². The molecule has 3 aromatic rings. The molecular formula is C30H40FN5O4. The van der Waals surface area contributed by atoms with Crippen LogP contribution in [0.3, 0.4) is 0 Å². The van der Waals surface area contributed by atoms with E-state index in [-0.39, 0.29) is 47.8 Å². The number of morpholine rings is 1. The number of aliphatic hydroxyl groups excluding tert-OH is 1. The predicted molar refractivity (Wildman–Crippen MR) is 153 cm³/mol. The molecule has 2 fully saturated rings. The van der Waals surface area contributed by atoms with E-state index in [2.05, 4.69) is 52.4 Å². The molecule has 9 nitrogen and oxygen atoms in total. The average molecular weight is 554 g/mol. The first-order valence-corrected chi connectivity index (χ1v) is 14.1. The van der Waals surface area contributed by atoms with Crippen molar-refractivity contribution in [3.8, 4) is 11.3 Å². The van der Waals surface area contributed by atoms with Crippen LogP contribution < -0.4 is 10.7 Å². The highest BCUT2D eigenvalue weighted by atomic mass is 19.1. The van der Waals surface area contributed by atoms with Gasteiger partial charge in [0.1, 0.15) is 5.69 Å². The molecule has 0 radical (unpaired) electrons. The molecule has 2 aromatic heterocycles. The lowest BCUT2D eigenvalue weighted by Gasteiger charge is -2.40. The zero-order chi connectivity index (χ0) is 28.7. The van der Waals surface area contributed by atoms with Crippen LogP contribution in [0.25, 0.3) is 22.2 Å². The standard InChI is InChI=1S/C30H40FN5O4/c1-16(2)36-25(12-35-17(3)13-40-14-18(35)4)20(6)29(38)22-8-7-21(19(5)28(22)36)27-23(31)11-32-30(34-27)33-24-9-10-39-15-26(24)37/h7-8,11,16-18,24,26,37H,9-10,12-15H2,1-6H3,(H,32,33,34)/t17-,18-,24-,26-/m1/s1. The van der Waals surface area contributed by atoms with E-state index in [1.165, 1.54) is 0 Å². The number of pyridine rings is 1. The van der Waals surface area contributed by atoms with Gasteiger partial charge in [0, 0.05) is 53.5 Å². The summed E-state index contributed by atoms with van der Waals surface area (Å²) >= 11 is 0. The first-order chi connectivity index (χ1) is 19.1. The third-order valence-electron chi connectivity index (χ3n) is 8.32. The maximum atomic E-state index is 15.3. The first kappa shape index (κ1) is 28.6. The fraction of sp³-hybridized carbons (Fsp3) is 0.567. The molecule has 4 atom stereocenters. The Bertz CT molecular complexity index is 1450. The molecule has 2 aliphatic rings. The number of fused-ring (bicyclic) bond motifs is 1. The minimum absolute atomic E-state index is 0.0101. The lowest BCUT2D eigenvalue weighted by atomic mass is 9.97. The zero-order valence-electron chi connectivity index (χ0n) is 24.2. The molecule has 216 valence electrons. The summed E-state index contributed by atoms with van der Waals surface area (Å²) < 4.78 is 28.5. The Hall–Kier alpha value is -2.92. The number of hydrogen-bond acceptors (Lipinski definition) is 8. The average Bonchev–Trinajstić information content (AvgIpc) is 2.91. The fourth-order valence-electron chi connectivity index (χ4n) is 6.07. The molecule has 2 saturated heterocycles. The van der Waals surface area contributed by atoms with Gasteiger partial charge in [-0.25, -0.2) is 14.4 Å². The van der Waals surface area contributed by atoms with E-state index in [1.807, 2.05) is 13.8 Å². The van der Waals surface area contributed by atoms with E-state index in [4.69, 9.17) is 9.47 Å². The summed E-state index contributed by atoms with van der Waals surface area (Å²) in [5.74, 6) is -0.315. The van der Waals surface area contributed by atoms with Gasteiger partial charge in [-0.1, -0.05) is 6.07 Å². The second-order valence-corrected chi connectivity index (χ2v) is 11.5. The molecule has 0 unspecified atom stereocenters. The van der Waals surface area contributed by atoms with Crippen molar-refractivity contribution < 1.29 is 19.0 Å². The Kier molecular flexibility index (Phi) is 8.24. The molecule has 10 heteroatoms. The van der Waals surface area contributed by atoms with Gasteiger partial charge < -0.3 is 24.5 Å². The third-order valence-corrected chi connectivity index (χ3v) is 8.32. The predicted octanol–water partition coefficient (Wildman–Crippen LogP) is 3.97. The first-order valence-electron chi connectivity index (χ1n) is 14.1. The van der Waals surface area contributed by atoms with Crippen LogP contribution in [0.1, 0.15) is 57.0 Å². The number of hydrogen-bond donors (Lipinski definition) is 2. The molecular weight excluding hydrogens is 513 g/mol. The van der Waals surface area contributed by atoms with Crippen LogP contribution in [0.2, 0.25) is 0 Å². The lowest BCUT2D eigenvalue weighted by Crippen LogP contribution is -2.49. The Balaban J connectivity index is 1.64. The van der Waals surface area contributed by atoms with Gasteiger partial charge in [-0.3, -0.25) is 9.69 Å². The minimum Gasteiger partial charge on any atom is -0.389 e. The number of nitrogens with one attached hydrogen (secondary N) is 1. The fourth-order valence-corrected chi connectivity index (χ4v) is 6.07. The third kappa shape index (κ3) is 5.25. The number of ether oxygens (including phenoxy) is 2. The smallest absolute Gasteiger partial charge is 0.223 e. The largest absolute Gasteiger partial charge is 0.389 e. The summed E-state index contributed by atoms with van der Waals surface area (Å²) in [5.41, 5.74) is 4.00. The molecule has 0 amide bonds. The van der Waals surface area contributed by atoms with Gasteiger partial charge in [0.25, 0.3) is 0 Å². The number of aromatic nitrogens is 3. The molecule has 0 bridgehead atoms. The van der Waals surface area contributed by atoms with Gasteiger partial charge in [0.2, 0.25) is 5.95 Å². The van der Waals surface area contributed by atoms with Gasteiger partial charge in [-0.15, -0.1) is 0 Å². The maximum absolute atomic E-state index is 15.3. The molecule has 2 N–H and O–H groups in total. The summed E-state index contributed by atoms with van der Waals surface area (Å²) in [4.78, 5) is 24.8. The van der Waals surface area contributed by atoms with Crippen LogP contribution in [0.5, 0.6) is 0 Å². The molecule has 0 aliphatic carbocycles. The van der Waals surface area contributed by atoms with Gasteiger partial charge in [-0.05, 0) is 59.6 Å². The molecule has 40 heavy (non-hydrogen) atoms. The quantitative estimate of drug-likeness (QED) is 0.473. The van der Waals surface area contributed by atoms with Crippen LogP contribution in [0.15, 0.2) is 23.1 Å². The van der Waals surface area contributed by atoms with Crippen LogP contribution in [0, 0.1) is 19.7 Å². The van der Waals surface area contributed by atoms with E-state index in [0.717, 1.165) is 28.5 Å². The van der Waals surface area contributed by atoms with Crippen molar-refractivity contribution in [2.45, 2.75) is 84.8 Å². The number of aryl methyl sites for hydroxylation is 1.